The van der Waals surface area contributed by atoms with E-state index in [1.807, 2.05) is 0 Å². The number of hydrogen-bond acceptors (Lipinski definition) is 5. The van der Waals surface area contributed by atoms with E-state index in [1.54, 1.807) is 0 Å². The van der Waals surface area contributed by atoms with Gasteiger partial charge in [0, 0.05) is 0 Å². The molecule has 1 aromatic rings. The molecule has 0 spiro atoms. The van der Waals surface area contributed by atoms with E-state index in [-0.39, 0.29) is 6.33 Å². The van der Waals surface area contributed by atoms with E-state index in [4.69, 9.17) is 0 Å². The summed E-state index contributed by atoms with van der Waals surface area (Å²) in [7, 11) is 0. The third kappa shape index (κ3) is 5.94. The molecular weight excluding hydrogens is 410 g/mol. The number of aromatic nitrogens is 3. The lowest BCUT2D eigenvalue weighted by molar-refractivity contribution is -0.302. The van der Waals surface area contributed by atoms with E-state index in [0.29, 0.717) is 0 Å². The Morgan fingerprint density at radius 2 is 0.846 bits per heavy atom. The summed E-state index contributed by atoms with van der Waals surface area (Å²) >= 11 is 0. The molecule has 0 aromatic carbocycles. The molecule has 0 saturated carbocycles. The summed E-state index contributed by atoms with van der Waals surface area (Å²) in [4.78, 5) is 7.74. The van der Waals surface area contributed by atoms with Crippen LogP contribution in [0.15, 0.2) is 6.33 Å². The van der Waals surface area contributed by atoms with Gasteiger partial charge in [0.1, 0.15) is 6.33 Å². The maximum absolute atomic E-state index is 12.3. The first-order valence-corrected chi connectivity index (χ1v) is 5.71. The molecule has 0 aliphatic heterocycles. The van der Waals surface area contributed by atoms with E-state index in [0.717, 1.165) is 0 Å². The molecule has 5 nitrogen and oxygen atoms in total. The summed E-state index contributed by atoms with van der Waals surface area (Å²) in [5, 5.41) is 0. The van der Waals surface area contributed by atoms with Crippen molar-refractivity contribution >= 4 is 0 Å². The van der Waals surface area contributed by atoms with Crippen LogP contribution in [-0.4, -0.2) is 51.9 Å². The van der Waals surface area contributed by atoms with Crippen LogP contribution < -0.4 is 9.47 Å². The van der Waals surface area contributed by atoms with Gasteiger partial charge in [0.15, 0.2) is 0 Å². The van der Waals surface area contributed by atoms with Crippen LogP contribution >= 0.6 is 0 Å². The zero-order valence-corrected chi connectivity index (χ0v) is 11.4. The van der Waals surface area contributed by atoms with E-state index in [2.05, 4.69) is 24.4 Å². The van der Waals surface area contributed by atoms with Crippen molar-refractivity contribution in [1.29, 1.82) is 0 Å². The summed E-state index contributed by atoms with van der Waals surface area (Å²) in [5.41, 5.74) is 0. The average molecular weight is 413 g/mol. The van der Waals surface area contributed by atoms with Gasteiger partial charge in [0.05, 0.1) is 0 Å². The van der Waals surface area contributed by atoms with Gasteiger partial charge >= 0.3 is 36.7 Å². The lowest BCUT2D eigenvalue weighted by Crippen LogP contribution is -2.47. The highest BCUT2D eigenvalue weighted by Gasteiger charge is 2.60. The lowest BCUT2D eigenvalue weighted by atomic mass is 10.3. The van der Waals surface area contributed by atoms with E-state index < -0.39 is 48.9 Å². The number of alkyl halides is 12. The van der Waals surface area contributed by atoms with Gasteiger partial charge in [-0.15, -0.1) is 4.98 Å². The van der Waals surface area contributed by atoms with Crippen LogP contribution in [-0.2, 0) is 0 Å². The summed E-state index contributed by atoms with van der Waals surface area (Å²) in [6.45, 7) is 0. The van der Waals surface area contributed by atoms with Crippen LogP contribution in [0.2, 0.25) is 0 Å². The number of rotatable bonds is 4. The maximum Gasteiger partial charge on any atom is 0.434 e. The van der Waals surface area contributed by atoms with E-state index in [1.165, 1.54) is 0 Å². The predicted octanol–water partition coefficient (Wildman–Crippen LogP) is 3.62. The first-order chi connectivity index (χ1) is 11.4. The van der Waals surface area contributed by atoms with Crippen molar-refractivity contribution in [3.63, 3.8) is 0 Å². The van der Waals surface area contributed by atoms with Crippen molar-refractivity contribution in [2.45, 2.75) is 36.9 Å². The first kappa shape index (κ1) is 21.8. The van der Waals surface area contributed by atoms with E-state index >= 15 is 0 Å². The number of ether oxygens (including phenoxy) is 2. The molecule has 1 heterocycles. The molecule has 1 rings (SSSR count). The quantitative estimate of drug-likeness (QED) is 0.707. The van der Waals surface area contributed by atoms with Crippen molar-refractivity contribution in [2.75, 3.05) is 0 Å². The lowest BCUT2D eigenvalue weighted by Gasteiger charge is -2.24. The molecule has 17 heteroatoms. The molecule has 0 aliphatic rings. The third-order valence-corrected chi connectivity index (χ3v) is 2.16. The van der Waals surface area contributed by atoms with Crippen LogP contribution in [0.5, 0.6) is 12.0 Å². The van der Waals surface area contributed by atoms with Gasteiger partial charge in [-0.3, -0.25) is 0 Å². The Kier molecular flexibility index (Phi) is 5.72. The second kappa shape index (κ2) is 6.82. The second-order valence-electron chi connectivity index (χ2n) is 4.21. The first-order valence-electron chi connectivity index (χ1n) is 5.71. The van der Waals surface area contributed by atoms with Crippen molar-refractivity contribution in [3.8, 4) is 12.0 Å². The van der Waals surface area contributed by atoms with Crippen molar-refractivity contribution in [1.82, 2.24) is 15.0 Å². The molecule has 0 bridgehead atoms. The van der Waals surface area contributed by atoms with Crippen LogP contribution in [0, 0.1) is 0 Å². The van der Waals surface area contributed by atoms with Crippen molar-refractivity contribution in [2.24, 2.45) is 0 Å². The van der Waals surface area contributed by atoms with Crippen LogP contribution in [0.3, 0.4) is 0 Å². The molecule has 0 radical (unpaired) electrons. The monoisotopic (exact) mass is 413 g/mol. The normalized spacial score (nSPS) is 14.1. The Hall–Kier alpha value is -2.23. The average Bonchev–Trinajstić information content (AvgIpc) is 2.37. The van der Waals surface area contributed by atoms with E-state index in [9.17, 15) is 52.7 Å². The van der Waals surface area contributed by atoms with Gasteiger partial charge in [-0.1, -0.05) is 0 Å². The van der Waals surface area contributed by atoms with Gasteiger partial charge in [-0.2, -0.15) is 62.7 Å². The van der Waals surface area contributed by atoms with Gasteiger partial charge in [-0.05, 0) is 0 Å². The molecular formula is C9H3F12N3O2. The second-order valence-corrected chi connectivity index (χ2v) is 4.21. The molecule has 0 saturated heterocycles. The number of hydrogen-bond donors (Lipinski definition) is 0. The molecule has 0 amide bonds. The largest absolute Gasteiger partial charge is 0.440 e. The number of halogens is 12. The van der Waals surface area contributed by atoms with Crippen molar-refractivity contribution < 1.29 is 62.2 Å². The summed E-state index contributed by atoms with van der Waals surface area (Å²) in [5.74, 6) is 0. The molecule has 26 heavy (non-hydrogen) atoms. The van der Waals surface area contributed by atoms with Crippen LogP contribution in [0.4, 0.5) is 52.7 Å². The summed E-state index contributed by atoms with van der Waals surface area (Å²) in [6.07, 6.45) is -33.1. The fraction of sp³-hybridized carbons (Fsp3) is 0.667. The minimum Gasteiger partial charge on any atom is -0.440 e. The topological polar surface area (TPSA) is 57.1 Å². The van der Waals surface area contributed by atoms with Gasteiger partial charge in [-0.25, -0.2) is 0 Å². The highest BCUT2D eigenvalue weighted by molar-refractivity contribution is 5.03. The highest BCUT2D eigenvalue weighted by Crippen LogP contribution is 2.37. The smallest absolute Gasteiger partial charge is 0.434 e. The standard InChI is InChI=1S/C9H3F12N3O2/c10-6(11,12)2(7(13,14)15)25-4-22-1-23-5(24-4)26-3(8(16,17)18)9(19,20)21/h1-3H. The highest BCUT2D eigenvalue weighted by atomic mass is 19.4. The van der Waals surface area contributed by atoms with Crippen LogP contribution in [0.25, 0.3) is 0 Å². The maximum atomic E-state index is 12.3. The predicted molar refractivity (Wildman–Crippen MR) is 52.9 cm³/mol. The minimum atomic E-state index is -6.04. The minimum absolute atomic E-state index is 0.00865. The molecule has 0 unspecified atom stereocenters. The Labute approximate surface area is 133 Å². The van der Waals surface area contributed by atoms with Gasteiger partial charge < -0.3 is 9.47 Å². The molecule has 0 N–H and O–H groups in total. The SMILES string of the molecule is FC(F)(F)C(Oc1ncnc(OC(C(F)(F)F)C(F)(F)F)n1)C(F)(F)F. The molecule has 0 atom stereocenters. The Bertz CT molecular complexity index is 530. The Balaban J connectivity index is 3.11. The van der Waals surface area contributed by atoms with Crippen LogP contribution in [0.1, 0.15) is 0 Å². The Morgan fingerprint density at radius 3 is 1.08 bits per heavy atom. The molecule has 0 aliphatic carbocycles. The zero-order chi connectivity index (χ0) is 20.6. The molecule has 0 fully saturated rings. The van der Waals surface area contributed by atoms with Crippen molar-refractivity contribution in [3.05, 3.63) is 6.33 Å². The summed E-state index contributed by atoms with van der Waals surface area (Å²) < 4.78 is 154. The zero-order valence-electron chi connectivity index (χ0n) is 11.4. The van der Waals surface area contributed by atoms with Gasteiger partial charge in [0.25, 0.3) is 12.2 Å². The third-order valence-electron chi connectivity index (χ3n) is 2.16. The fourth-order valence-electron chi connectivity index (χ4n) is 1.23. The molecule has 1 aromatic heterocycles. The Morgan fingerprint density at radius 1 is 0.577 bits per heavy atom. The summed E-state index contributed by atoms with van der Waals surface area (Å²) in [6, 6.07) is -3.73. The fourth-order valence-corrected chi connectivity index (χ4v) is 1.23. The number of nitrogens with zero attached hydrogens (tertiary/aromatic N) is 3. The molecule has 150 valence electrons. The van der Waals surface area contributed by atoms with Gasteiger partial charge in [0.2, 0.25) is 0 Å².